The van der Waals surface area contributed by atoms with Crippen LogP contribution in [0, 0.1) is 0 Å². The van der Waals surface area contributed by atoms with Crippen LogP contribution in [0.15, 0.2) is 46.9 Å². The van der Waals surface area contributed by atoms with E-state index in [0.717, 1.165) is 21.9 Å². The minimum Gasteiger partial charge on any atom is -0.497 e. The van der Waals surface area contributed by atoms with Crippen molar-refractivity contribution in [3.63, 3.8) is 0 Å². The van der Waals surface area contributed by atoms with Crippen molar-refractivity contribution in [3.8, 4) is 5.75 Å². The molecule has 1 aromatic heterocycles. The molecule has 0 saturated heterocycles. The monoisotopic (exact) mass is 344 g/mol. The van der Waals surface area contributed by atoms with Crippen molar-refractivity contribution >= 4 is 23.0 Å². The molecule has 1 aliphatic rings. The molecule has 0 aliphatic carbocycles. The number of oxime groups is 1. The van der Waals surface area contributed by atoms with Gasteiger partial charge in [0.25, 0.3) is 0 Å². The molecule has 0 unspecified atom stereocenters. The molecule has 2 aromatic rings. The van der Waals surface area contributed by atoms with E-state index in [0.29, 0.717) is 13.0 Å². The maximum Gasteiger partial charge on any atom is 0.228 e. The largest absolute Gasteiger partial charge is 0.497 e. The zero-order valence-electron chi connectivity index (χ0n) is 13.7. The Morgan fingerprint density at radius 1 is 1.42 bits per heavy atom. The van der Waals surface area contributed by atoms with Gasteiger partial charge in [0.15, 0.2) is 0 Å². The van der Waals surface area contributed by atoms with Gasteiger partial charge in [-0.1, -0.05) is 11.2 Å². The van der Waals surface area contributed by atoms with E-state index in [-0.39, 0.29) is 17.9 Å². The van der Waals surface area contributed by atoms with Crippen molar-refractivity contribution in [2.45, 2.75) is 25.4 Å². The zero-order valence-corrected chi connectivity index (χ0v) is 14.5. The first-order chi connectivity index (χ1) is 11.7. The Morgan fingerprint density at radius 3 is 2.88 bits per heavy atom. The molecule has 0 fully saturated rings. The second-order valence-corrected chi connectivity index (χ2v) is 6.66. The van der Waals surface area contributed by atoms with Gasteiger partial charge in [-0.3, -0.25) is 4.79 Å². The molecule has 0 saturated carbocycles. The van der Waals surface area contributed by atoms with Crippen LogP contribution in [0.5, 0.6) is 5.75 Å². The summed E-state index contributed by atoms with van der Waals surface area (Å²) in [5, 5.41) is 9.07. The van der Waals surface area contributed by atoms with Crippen LogP contribution >= 0.6 is 11.3 Å². The van der Waals surface area contributed by atoms with Crippen LogP contribution in [0.3, 0.4) is 0 Å². The second kappa shape index (κ2) is 7.49. The molecule has 24 heavy (non-hydrogen) atoms. The third-order valence-corrected chi connectivity index (χ3v) is 5.08. The summed E-state index contributed by atoms with van der Waals surface area (Å²) in [5.41, 5.74) is 1.90. The number of amides is 1. The topological polar surface area (TPSA) is 59.9 Å². The van der Waals surface area contributed by atoms with Crippen LogP contribution in [-0.4, -0.2) is 31.4 Å². The Balaban J connectivity index is 1.49. The molecular weight excluding hydrogens is 324 g/mol. The molecule has 3 rings (SSSR count). The summed E-state index contributed by atoms with van der Waals surface area (Å²) in [4.78, 5) is 18.7. The van der Waals surface area contributed by atoms with Crippen LogP contribution in [0.2, 0.25) is 0 Å². The lowest BCUT2D eigenvalue weighted by Gasteiger charge is -2.13. The number of hydrogen-bond donors (Lipinski definition) is 1. The van der Waals surface area contributed by atoms with Gasteiger partial charge in [0.05, 0.1) is 25.3 Å². The first kappa shape index (κ1) is 16.5. The second-order valence-electron chi connectivity index (χ2n) is 5.68. The first-order valence-corrected chi connectivity index (χ1v) is 8.73. The summed E-state index contributed by atoms with van der Waals surface area (Å²) < 4.78 is 5.15. The summed E-state index contributed by atoms with van der Waals surface area (Å²) in [7, 11) is 1.64. The van der Waals surface area contributed by atoms with Crippen LogP contribution in [0.25, 0.3) is 0 Å². The van der Waals surface area contributed by atoms with E-state index >= 15 is 0 Å². The zero-order chi connectivity index (χ0) is 16.9. The highest BCUT2D eigenvalue weighted by Crippen LogP contribution is 2.22. The lowest BCUT2D eigenvalue weighted by Crippen LogP contribution is -2.34. The van der Waals surface area contributed by atoms with E-state index in [1.807, 2.05) is 48.7 Å². The number of nitrogens with zero attached hydrogens (tertiary/aromatic N) is 1. The Kier molecular flexibility index (Phi) is 5.15. The van der Waals surface area contributed by atoms with E-state index in [1.165, 1.54) is 0 Å². The number of carbonyl (C=O) groups excluding carboxylic acids is 1. The molecule has 1 aliphatic heterocycles. The Hall–Kier alpha value is -2.34. The number of hydrogen-bond acceptors (Lipinski definition) is 5. The summed E-state index contributed by atoms with van der Waals surface area (Å²) in [6.45, 7) is 2.37. The predicted octanol–water partition coefficient (Wildman–Crippen LogP) is 3.17. The Bertz CT molecular complexity index is 710. The molecule has 126 valence electrons. The lowest BCUT2D eigenvalue weighted by atomic mass is 10.0. The molecular formula is C18H20N2O3S. The van der Waals surface area contributed by atoms with E-state index in [4.69, 9.17) is 9.57 Å². The van der Waals surface area contributed by atoms with E-state index in [1.54, 1.807) is 18.4 Å². The van der Waals surface area contributed by atoms with Gasteiger partial charge in [-0.15, -0.1) is 11.3 Å². The van der Waals surface area contributed by atoms with Gasteiger partial charge in [0, 0.05) is 11.3 Å². The molecule has 6 heteroatoms. The van der Waals surface area contributed by atoms with Gasteiger partial charge in [-0.25, -0.2) is 0 Å². The summed E-state index contributed by atoms with van der Waals surface area (Å²) in [6, 6.07) is 11.7. The fourth-order valence-electron chi connectivity index (χ4n) is 2.53. The van der Waals surface area contributed by atoms with Crippen LogP contribution in [0.1, 0.15) is 29.7 Å². The smallest absolute Gasteiger partial charge is 0.228 e. The standard InChI is InChI=1S/C18H20N2O3S/c1-12(17-4-3-9-24-17)18(21)19-11-15-10-16(20-23-15)13-5-7-14(22-2)8-6-13/h3-9,12,15H,10-11H2,1-2H3,(H,19,21)/t12-,15-/m1/s1. The maximum absolute atomic E-state index is 12.2. The van der Waals surface area contributed by atoms with Crippen molar-refractivity contribution in [2.75, 3.05) is 13.7 Å². The molecule has 1 N–H and O–H groups in total. The molecule has 5 nitrogen and oxygen atoms in total. The number of thiophene rings is 1. The third-order valence-electron chi connectivity index (χ3n) is 4.02. The number of nitrogens with one attached hydrogen (secondary N) is 1. The number of methoxy groups -OCH3 is 1. The van der Waals surface area contributed by atoms with Gasteiger partial charge in [0.1, 0.15) is 11.9 Å². The highest BCUT2D eigenvalue weighted by Gasteiger charge is 2.24. The Labute approximate surface area is 145 Å². The van der Waals surface area contributed by atoms with Crippen LogP contribution < -0.4 is 10.1 Å². The van der Waals surface area contributed by atoms with Gasteiger partial charge in [-0.05, 0) is 48.2 Å². The number of benzene rings is 1. The van der Waals surface area contributed by atoms with Crippen LogP contribution in [0.4, 0.5) is 0 Å². The SMILES string of the molecule is COc1ccc(C2=NO[C@@H](CNC(=O)[C@H](C)c3cccs3)C2)cc1. The molecule has 0 radical (unpaired) electrons. The highest BCUT2D eigenvalue weighted by atomic mass is 32.1. The summed E-state index contributed by atoms with van der Waals surface area (Å²) >= 11 is 1.59. The van der Waals surface area contributed by atoms with Crippen LogP contribution in [-0.2, 0) is 9.63 Å². The molecule has 1 amide bonds. The molecule has 1 aromatic carbocycles. The highest BCUT2D eigenvalue weighted by molar-refractivity contribution is 7.10. The van der Waals surface area contributed by atoms with Gasteiger partial charge in [-0.2, -0.15) is 0 Å². The molecule has 0 bridgehead atoms. The summed E-state index contributed by atoms with van der Waals surface area (Å²) in [5.74, 6) is 0.678. The van der Waals surface area contributed by atoms with E-state index < -0.39 is 0 Å². The average molecular weight is 344 g/mol. The molecule has 0 spiro atoms. The van der Waals surface area contributed by atoms with Gasteiger partial charge >= 0.3 is 0 Å². The minimum atomic E-state index is -0.145. The first-order valence-electron chi connectivity index (χ1n) is 7.85. The van der Waals surface area contributed by atoms with Crippen molar-refractivity contribution < 1.29 is 14.4 Å². The normalized spacial score (nSPS) is 17.8. The van der Waals surface area contributed by atoms with Gasteiger partial charge < -0.3 is 14.9 Å². The third kappa shape index (κ3) is 3.76. The minimum absolute atomic E-state index is 0.0129. The number of rotatable bonds is 6. The van der Waals surface area contributed by atoms with Crippen molar-refractivity contribution in [2.24, 2.45) is 5.16 Å². The Morgan fingerprint density at radius 2 is 2.21 bits per heavy atom. The fraction of sp³-hybridized carbons (Fsp3) is 0.333. The number of carbonyl (C=O) groups is 1. The predicted molar refractivity (Wildman–Crippen MR) is 94.8 cm³/mol. The van der Waals surface area contributed by atoms with E-state index in [9.17, 15) is 4.79 Å². The van der Waals surface area contributed by atoms with E-state index in [2.05, 4.69) is 10.5 Å². The quantitative estimate of drug-likeness (QED) is 0.875. The van der Waals surface area contributed by atoms with Crippen molar-refractivity contribution in [1.82, 2.24) is 5.32 Å². The lowest BCUT2D eigenvalue weighted by molar-refractivity contribution is -0.122. The molecule has 2 heterocycles. The van der Waals surface area contributed by atoms with Gasteiger partial charge in [0.2, 0.25) is 5.91 Å². The fourth-order valence-corrected chi connectivity index (χ4v) is 3.31. The average Bonchev–Trinajstić information content (AvgIpc) is 3.31. The van der Waals surface area contributed by atoms with Crippen molar-refractivity contribution in [1.29, 1.82) is 0 Å². The maximum atomic E-state index is 12.2. The van der Waals surface area contributed by atoms with Crippen molar-refractivity contribution in [3.05, 3.63) is 52.2 Å². The number of ether oxygens (including phenoxy) is 1. The molecule has 2 atom stereocenters. The summed E-state index contributed by atoms with van der Waals surface area (Å²) in [6.07, 6.45) is 0.557.